The van der Waals surface area contributed by atoms with E-state index in [0.717, 1.165) is 0 Å². The van der Waals surface area contributed by atoms with Crippen molar-refractivity contribution in [2.45, 2.75) is 13.8 Å². The third-order valence-electron chi connectivity index (χ3n) is 0.365. The van der Waals surface area contributed by atoms with Gasteiger partial charge in [0.2, 0.25) is 0 Å². The van der Waals surface area contributed by atoms with Crippen LogP contribution >= 0.6 is 0 Å². The second kappa shape index (κ2) is 5.58. The fraction of sp³-hybridized carbons (Fsp3) is 1.00. The molecule has 0 aromatic carbocycles. The molecule has 0 unspecified atom stereocenters. The van der Waals surface area contributed by atoms with Crippen molar-refractivity contribution in [1.82, 2.24) is 0 Å². The Bertz CT molecular complexity index is 21.5. The molecule has 0 fully saturated rings. The largest absolute Gasteiger partial charge is 0.396 e. The Balaban J connectivity index is 0. The molecule has 6 heavy (non-hydrogen) atoms. The van der Waals surface area contributed by atoms with E-state index in [0.29, 0.717) is 12.5 Å². The predicted octanol–water partition coefficient (Wildman–Crippen LogP) is 0.632. The average Bonchev–Trinajstić information content (AvgIpc) is 1.38. The van der Waals surface area contributed by atoms with Crippen LogP contribution in [-0.4, -0.2) is 11.7 Å². The molecule has 1 nitrogen and oxygen atoms in total. The van der Waals surface area contributed by atoms with Crippen LogP contribution in [0.15, 0.2) is 0 Å². The third-order valence-corrected chi connectivity index (χ3v) is 0.365. The van der Waals surface area contributed by atoms with Gasteiger partial charge in [-0.15, -0.1) is 0 Å². The van der Waals surface area contributed by atoms with Gasteiger partial charge in [-0.25, -0.2) is 0 Å². The molecule has 0 aliphatic heterocycles. The van der Waals surface area contributed by atoms with Crippen molar-refractivity contribution in [2.24, 2.45) is 5.92 Å². The van der Waals surface area contributed by atoms with Crippen LogP contribution in [0.2, 0.25) is 0 Å². The van der Waals surface area contributed by atoms with Crippen molar-refractivity contribution in [3.05, 3.63) is 0 Å². The molecule has 2 heteroatoms. The van der Waals surface area contributed by atoms with Crippen LogP contribution in [0.3, 0.4) is 0 Å². The number of hydrogen-bond donors (Lipinski definition) is 1. The topological polar surface area (TPSA) is 20.2 Å². The van der Waals surface area contributed by atoms with Crippen LogP contribution in [0.4, 0.5) is 0 Å². The summed E-state index contributed by atoms with van der Waals surface area (Å²) in [5.74, 6) is 0.440. The molecule has 0 amide bonds. The monoisotopic (exact) mass is 176 g/mol. The Morgan fingerprint density at radius 1 is 1.50 bits per heavy atom. The van der Waals surface area contributed by atoms with Crippen molar-refractivity contribution in [3.63, 3.8) is 0 Å². The first-order chi connectivity index (χ1) is 2.27. The minimum atomic E-state index is 0. The first-order valence-electron chi connectivity index (χ1n) is 1.88. The molecular weight excluding hydrogens is 165 g/mol. The Morgan fingerprint density at radius 3 is 1.67 bits per heavy atom. The smallest absolute Gasteiger partial charge is 0.0453 e. The summed E-state index contributed by atoms with van der Waals surface area (Å²) < 4.78 is 0. The van der Waals surface area contributed by atoms with E-state index in [1.165, 1.54) is 0 Å². The van der Waals surface area contributed by atoms with Gasteiger partial charge in [-0.1, -0.05) is 13.8 Å². The van der Waals surface area contributed by atoms with E-state index in [1.54, 1.807) is 0 Å². The van der Waals surface area contributed by atoms with E-state index in [2.05, 4.69) is 0 Å². The molecule has 0 heterocycles. The summed E-state index contributed by atoms with van der Waals surface area (Å²) in [5.41, 5.74) is 0. The molecule has 0 spiro atoms. The molecule has 1 N–H and O–H groups in total. The van der Waals surface area contributed by atoms with E-state index in [4.69, 9.17) is 5.11 Å². The van der Waals surface area contributed by atoms with E-state index < -0.39 is 0 Å². The molecule has 0 atom stereocenters. The van der Waals surface area contributed by atoms with Crippen molar-refractivity contribution in [2.75, 3.05) is 6.61 Å². The first kappa shape index (κ1) is 9.77. The Morgan fingerprint density at radius 2 is 1.67 bits per heavy atom. The van der Waals surface area contributed by atoms with E-state index in [9.17, 15) is 0 Å². The zero-order valence-electron chi connectivity index (χ0n) is 4.09. The number of aliphatic hydroxyl groups is 1. The molecule has 0 saturated heterocycles. The minimum Gasteiger partial charge on any atom is -0.396 e. The summed E-state index contributed by atoms with van der Waals surface area (Å²) in [4.78, 5) is 0. The maximum atomic E-state index is 8.14. The Kier molecular flexibility index (Phi) is 9.09. The van der Waals surface area contributed by atoms with Crippen LogP contribution < -0.4 is 0 Å². The van der Waals surface area contributed by atoms with Gasteiger partial charge in [-0.05, 0) is 5.92 Å². The fourth-order valence-corrected chi connectivity index (χ4v) is 0. The molecule has 0 saturated carbocycles. The molecule has 0 bridgehead atoms. The van der Waals surface area contributed by atoms with E-state index in [1.807, 2.05) is 13.8 Å². The summed E-state index contributed by atoms with van der Waals surface area (Å²) in [7, 11) is 0. The van der Waals surface area contributed by atoms with Crippen LogP contribution in [0.25, 0.3) is 0 Å². The van der Waals surface area contributed by atoms with E-state index >= 15 is 0 Å². The minimum absolute atomic E-state index is 0. The molecular formula is C4H10ORu. The Labute approximate surface area is 51.5 Å². The molecule has 0 aliphatic carbocycles. The Hall–Kier alpha value is 0.583. The summed E-state index contributed by atoms with van der Waals surface area (Å²) >= 11 is 0. The summed E-state index contributed by atoms with van der Waals surface area (Å²) in [5, 5.41) is 8.14. The molecule has 0 aromatic rings. The quantitative estimate of drug-likeness (QED) is 0.580. The molecule has 0 rings (SSSR count). The molecule has 0 aliphatic rings. The van der Waals surface area contributed by atoms with Crippen molar-refractivity contribution >= 4 is 0 Å². The van der Waals surface area contributed by atoms with Crippen LogP contribution in [-0.2, 0) is 19.5 Å². The zero-order valence-corrected chi connectivity index (χ0v) is 5.82. The summed E-state index contributed by atoms with van der Waals surface area (Å²) in [6.07, 6.45) is 0. The normalized spacial score (nSPS) is 8.00. The van der Waals surface area contributed by atoms with Crippen LogP contribution in [0.5, 0.6) is 0 Å². The summed E-state index contributed by atoms with van der Waals surface area (Å²) in [6, 6.07) is 0. The number of rotatable bonds is 1. The molecule has 0 radical (unpaired) electrons. The van der Waals surface area contributed by atoms with Gasteiger partial charge < -0.3 is 5.11 Å². The van der Waals surface area contributed by atoms with Gasteiger partial charge in [0, 0.05) is 26.1 Å². The van der Waals surface area contributed by atoms with Gasteiger partial charge in [-0.2, -0.15) is 0 Å². The fourth-order valence-electron chi connectivity index (χ4n) is 0. The van der Waals surface area contributed by atoms with Gasteiger partial charge in [0.1, 0.15) is 0 Å². The number of hydrogen-bond acceptors (Lipinski definition) is 1. The standard InChI is InChI=1S/C4H10O.Ru/c1-4(2)3-5;/h4-5H,3H2,1-2H3;. The SMILES string of the molecule is CC(C)CO.[Ru]. The second-order valence-electron chi connectivity index (χ2n) is 1.58. The maximum absolute atomic E-state index is 8.14. The van der Waals surface area contributed by atoms with Gasteiger partial charge in [0.25, 0.3) is 0 Å². The van der Waals surface area contributed by atoms with Crippen molar-refractivity contribution in [3.8, 4) is 0 Å². The van der Waals surface area contributed by atoms with Crippen LogP contribution in [0.1, 0.15) is 13.8 Å². The first-order valence-corrected chi connectivity index (χ1v) is 1.88. The predicted molar refractivity (Wildman–Crippen MR) is 21.9 cm³/mol. The maximum Gasteiger partial charge on any atom is 0.0453 e. The average molecular weight is 175 g/mol. The van der Waals surface area contributed by atoms with E-state index in [-0.39, 0.29) is 19.5 Å². The second-order valence-corrected chi connectivity index (χ2v) is 1.58. The van der Waals surface area contributed by atoms with Gasteiger partial charge >= 0.3 is 0 Å². The molecule has 0 aromatic heterocycles. The number of aliphatic hydroxyl groups excluding tert-OH is 1. The third kappa shape index (κ3) is 8.82. The zero-order chi connectivity index (χ0) is 4.28. The van der Waals surface area contributed by atoms with Gasteiger partial charge in [-0.3, -0.25) is 0 Å². The van der Waals surface area contributed by atoms with Crippen molar-refractivity contribution < 1.29 is 24.6 Å². The van der Waals surface area contributed by atoms with Crippen molar-refractivity contribution in [1.29, 1.82) is 0 Å². The summed E-state index contributed by atoms with van der Waals surface area (Å²) in [6.45, 7) is 4.25. The van der Waals surface area contributed by atoms with Gasteiger partial charge in [0.15, 0.2) is 0 Å². The van der Waals surface area contributed by atoms with Gasteiger partial charge in [0.05, 0.1) is 0 Å². The molecule has 40 valence electrons. The van der Waals surface area contributed by atoms with Crippen LogP contribution in [0, 0.1) is 5.92 Å².